The molecule has 36 valence electrons. The molecule has 2 N–H and O–H groups in total. The molecule has 0 atom stereocenters. The van der Waals surface area contributed by atoms with Gasteiger partial charge in [-0.05, 0) is 0 Å². The maximum atomic E-state index is 5.17. The molecule has 0 fully saturated rings. The van der Waals surface area contributed by atoms with Crippen LogP contribution in [0.1, 0.15) is 0 Å². The van der Waals surface area contributed by atoms with Gasteiger partial charge in [-0.1, -0.05) is 0 Å². The van der Waals surface area contributed by atoms with Crippen molar-refractivity contribution >= 4 is 5.95 Å². The van der Waals surface area contributed by atoms with Gasteiger partial charge in [0.25, 0.3) is 0 Å². The topological polar surface area (TPSA) is 43.8 Å². The average Bonchev–Trinajstić information content (AvgIpc) is 1.91. The van der Waals surface area contributed by atoms with Crippen molar-refractivity contribution < 1.29 is 0 Å². The maximum absolute atomic E-state index is 5.17. The van der Waals surface area contributed by atoms with Crippen LogP contribution in [-0.4, -0.2) is 9.55 Å². The van der Waals surface area contributed by atoms with Crippen LogP contribution in [0.4, 0.5) is 5.95 Å². The Labute approximate surface area is 41.8 Å². The van der Waals surface area contributed by atoms with Gasteiger partial charge >= 0.3 is 0 Å². The Hall–Kier alpha value is -0.990. The number of aromatic nitrogens is 2. The molecular weight excluding hydrogens is 90.1 g/mol. The Balaban J connectivity index is 3.12. The Kier molecular flexibility index (Phi) is 0.749. The largest absolute Gasteiger partial charge is 0.369 e. The Morgan fingerprint density at radius 2 is 2.57 bits per heavy atom. The molecule has 0 amide bonds. The fraction of sp³-hybridized carbons (Fsp3) is 0. The highest BCUT2D eigenvalue weighted by molar-refractivity contribution is 5.16. The smallest absolute Gasteiger partial charge is 0.200 e. The van der Waals surface area contributed by atoms with E-state index in [0.29, 0.717) is 5.95 Å². The van der Waals surface area contributed by atoms with Crippen LogP contribution < -0.4 is 5.73 Å². The summed E-state index contributed by atoms with van der Waals surface area (Å²) in [5, 5.41) is 0. The third-order valence-corrected chi connectivity index (χ3v) is 0.699. The van der Waals surface area contributed by atoms with Crippen molar-refractivity contribution in [2.45, 2.75) is 0 Å². The van der Waals surface area contributed by atoms with Gasteiger partial charge in [-0.15, -0.1) is 0 Å². The summed E-state index contributed by atoms with van der Waals surface area (Å²) in [7, 11) is 5.17. The Bertz CT molecular complexity index is 139. The lowest BCUT2D eigenvalue weighted by Gasteiger charge is -1.86. The van der Waals surface area contributed by atoms with Crippen LogP contribution in [0.3, 0.4) is 0 Å². The van der Waals surface area contributed by atoms with Crippen molar-refractivity contribution in [1.82, 2.24) is 9.55 Å². The summed E-state index contributed by atoms with van der Waals surface area (Å²) >= 11 is 0. The van der Waals surface area contributed by atoms with Crippen molar-refractivity contribution in [2.75, 3.05) is 5.73 Å². The van der Waals surface area contributed by atoms with Gasteiger partial charge in [-0.2, -0.15) is 0 Å². The summed E-state index contributed by atoms with van der Waals surface area (Å²) in [4.78, 5) is 3.63. The molecule has 0 aliphatic rings. The van der Waals surface area contributed by atoms with Crippen LogP contribution in [0.5, 0.6) is 0 Å². The van der Waals surface area contributed by atoms with Gasteiger partial charge in [-0.25, -0.2) is 4.98 Å². The minimum atomic E-state index is 0.333. The van der Waals surface area contributed by atoms with E-state index in [4.69, 9.17) is 12.8 Å². The zero-order valence-corrected chi connectivity index (χ0v) is 3.70. The number of nitrogens with two attached hydrogens (primary N) is 1. The van der Waals surface area contributed by atoms with Gasteiger partial charge in [0.05, 0.1) is 7.05 Å². The lowest BCUT2D eigenvalue weighted by molar-refractivity contribution is 1.08. The highest BCUT2D eigenvalue weighted by atomic mass is 15.1. The first-order valence-electron chi connectivity index (χ1n) is 1.84. The third-order valence-electron chi connectivity index (χ3n) is 0.699. The second-order valence-electron chi connectivity index (χ2n) is 1.19. The first kappa shape index (κ1) is 4.18. The van der Waals surface area contributed by atoms with E-state index in [-0.39, 0.29) is 0 Å². The highest BCUT2D eigenvalue weighted by Gasteiger charge is 1.85. The molecule has 1 heterocycles. The zero-order chi connectivity index (χ0) is 5.28. The molecule has 0 aliphatic carbocycles. The van der Waals surface area contributed by atoms with Crippen molar-refractivity contribution in [1.29, 1.82) is 0 Å². The van der Waals surface area contributed by atoms with E-state index in [1.807, 2.05) is 0 Å². The number of hydrogen-bond acceptors (Lipinski definition) is 2. The van der Waals surface area contributed by atoms with Crippen molar-refractivity contribution in [3.8, 4) is 0 Å². The highest BCUT2D eigenvalue weighted by Crippen LogP contribution is 1.91. The molecule has 0 bridgehead atoms. The zero-order valence-electron chi connectivity index (χ0n) is 3.70. The quantitative estimate of drug-likeness (QED) is 0.492. The number of hydrogen-bond donors (Lipinski definition) is 1. The SMILES string of the molecule is [CH]n1ccnc1N. The lowest BCUT2D eigenvalue weighted by atomic mass is 10.9. The van der Waals surface area contributed by atoms with Gasteiger partial charge in [0.15, 0.2) is 0 Å². The van der Waals surface area contributed by atoms with Crippen molar-refractivity contribution in [3.63, 3.8) is 0 Å². The molecule has 0 aliphatic heterocycles. The summed E-state index contributed by atoms with van der Waals surface area (Å²) in [6.45, 7) is 0. The van der Waals surface area contributed by atoms with E-state index < -0.39 is 0 Å². The summed E-state index contributed by atoms with van der Waals surface area (Å²) in [5.41, 5.74) is 5.17. The minimum absolute atomic E-state index is 0.333. The molecular formula is C4H5N3. The number of anilines is 1. The van der Waals surface area contributed by atoms with Crippen LogP contribution in [0.15, 0.2) is 12.4 Å². The molecule has 0 saturated carbocycles. The Morgan fingerprint density at radius 1 is 1.86 bits per heavy atom. The number of nitrogen functional groups attached to an aromatic ring is 1. The molecule has 1 rings (SSSR count). The first-order valence-corrected chi connectivity index (χ1v) is 1.84. The van der Waals surface area contributed by atoms with Crippen LogP contribution in [0, 0.1) is 7.05 Å². The third kappa shape index (κ3) is 0.559. The summed E-state index contributed by atoms with van der Waals surface area (Å²) < 4.78 is 1.25. The second kappa shape index (κ2) is 1.26. The lowest BCUT2D eigenvalue weighted by Crippen LogP contribution is -1.92. The molecule has 0 unspecified atom stereocenters. The fourth-order valence-electron chi connectivity index (χ4n) is 0.325. The fourth-order valence-corrected chi connectivity index (χ4v) is 0.325. The van der Waals surface area contributed by atoms with E-state index >= 15 is 0 Å². The van der Waals surface area contributed by atoms with Crippen LogP contribution in [-0.2, 0) is 0 Å². The van der Waals surface area contributed by atoms with E-state index in [2.05, 4.69) is 4.98 Å². The van der Waals surface area contributed by atoms with Crippen LogP contribution in [0.2, 0.25) is 0 Å². The average molecular weight is 95.1 g/mol. The number of imidazole rings is 1. The van der Waals surface area contributed by atoms with Gasteiger partial charge in [0, 0.05) is 12.4 Å². The minimum Gasteiger partial charge on any atom is -0.369 e. The van der Waals surface area contributed by atoms with Crippen molar-refractivity contribution in [3.05, 3.63) is 19.4 Å². The van der Waals surface area contributed by atoms with E-state index in [9.17, 15) is 0 Å². The molecule has 3 nitrogen and oxygen atoms in total. The van der Waals surface area contributed by atoms with Gasteiger partial charge < -0.3 is 10.3 Å². The van der Waals surface area contributed by atoms with Gasteiger partial charge in [0.1, 0.15) is 0 Å². The maximum Gasteiger partial charge on any atom is 0.200 e. The second-order valence-corrected chi connectivity index (χ2v) is 1.19. The Morgan fingerprint density at radius 3 is 2.71 bits per heavy atom. The van der Waals surface area contributed by atoms with E-state index in [0.717, 1.165) is 0 Å². The summed E-state index contributed by atoms with van der Waals surface area (Å²) in [6.07, 6.45) is 3.12. The molecule has 3 heteroatoms. The predicted molar refractivity (Wildman–Crippen MR) is 26.3 cm³/mol. The van der Waals surface area contributed by atoms with Gasteiger partial charge in [-0.3, -0.25) is 0 Å². The van der Waals surface area contributed by atoms with Crippen LogP contribution >= 0.6 is 0 Å². The van der Waals surface area contributed by atoms with Crippen molar-refractivity contribution in [2.24, 2.45) is 0 Å². The monoisotopic (exact) mass is 95.0 g/mol. The predicted octanol–water partition coefficient (Wildman–Crippen LogP) is -0.0180. The summed E-state index contributed by atoms with van der Waals surface area (Å²) in [6, 6.07) is 0. The van der Waals surface area contributed by atoms with E-state index in [1.165, 1.54) is 10.8 Å². The molecule has 0 spiro atoms. The molecule has 1 aromatic rings. The van der Waals surface area contributed by atoms with Gasteiger partial charge in [0.2, 0.25) is 5.95 Å². The normalized spacial score (nSPS) is 9.29. The molecule has 7 heavy (non-hydrogen) atoms. The number of rotatable bonds is 0. The first-order chi connectivity index (χ1) is 3.30. The standard InChI is InChI=1S/C4H5N3/c1-7-3-2-6-4(7)5/h1-3H,(H2,5,6). The molecule has 1 aromatic heterocycles. The molecule has 0 saturated heterocycles. The van der Waals surface area contributed by atoms with Crippen LogP contribution in [0.25, 0.3) is 0 Å². The summed E-state index contributed by atoms with van der Waals surface area (Å²) in [5.74, 6) is 0.333. The molecule has 0 aromatic carbocycles. The molecule has 2 radical (unpaired) electrons. The van der Waals surface area contributed by atoms with E-state index in [1.54, 1.807) is 6.20 Å². The number of nitrogens with zero attached hydrogens (tertiary/aromatic N) is 2.